The van der Waals surface area contributed by atoms with E-state index in [1.54, 1.807) is 0 Å². The summed E-state index contributed by atoms with van der Waals surface area (Å²) in [5.41, 5.74) is -0.564. The summed E-state index contributed by atoms with van der Waals surface area (Å²) in [6.45, 7) is -0.861. The lowest BCUT2D eigenvalue weighted by Gasteiger charge is -2.15. The number of ether oxygens (including phenoxy) is 2. The van der Waals surface area contributed by atoms with Crippen molar-refractivity contribution in [3.8, 4) is 11.5 Å². The van der Waals surface area contributed by atoms with Gasteiger partial charge in [-0.1, -0.05) is 0 Å². The lowest BCUT2D eigenvalue weighted by atomic mass is 10.1. The average Bonchev–Trinajstić information content (AvgIpc) is 2.58. The second-order valence-electron chi connectivity index (χ2n) is 5.25. The van der Waals surface area contributed by atoms with Crippen LogP contribution in [0.3, 0.4) is 0 Å². The topological polar surface area (TPSA) is 76.7 Å². The minimum atomic E-state index is -5.05. The van der Waals surface area contributed by atoms with Crippen LogP contribution in [0.5, 0.6) is 11.5 Å². The van der Waals surface area contributed by atoms with Crippen LogP contribution in [0.25, 0.3) is 0 Å². The monoisotopic (exact) mass is 426 g/mol. The number of amides is 1. The highest BCUT2D eigenvalue weighted by atomic mass is 19.4. The van der Waals surface area contributed by atoms with E-state index >= 15 is 0 Å². The van der Waals surface area contributed by atoms with E-state index in [1.807, 2.05) is 0 Å². The molecule has 0 heterocycles. The van der Waals surface area contributed by atoms with Gasteiger partial charge in [-0.25, -0.2) is 0 Å². The van der Waals surface area contributed by atoms with E-state index in [1.165, 1.54) is 19.3 Å². The maximum absolute atomic E-state index is 12.4. The first-order valence-corrected chi connectivity index (χ1v) is 7.85. The van der Waals surface area contributed by atoms with Crippen LogP contribution in [0.15, 0.2) is 42.2 Å². The zero-order valence-electron chi connectivity index (χ0n) is 14.9. The number of nitrogens with one attached hydrogen (secondary N) is 2. The number of aldehydes is 1. The molecular formula is C17H16F6N2O4. The predicted octanol–water partition coefficient (Wildman–Crippen LogP) is 3.46. The van der Waals surface area contributed by atoms with Gasteiger partial charge in [-0.3, -0.25) is 9.59 Å². The van der Waals surface area contributed by atoms with E-state index in [0.717, 1.165) is 18.2 Å². The van der Waals surface area contributed by atoms with Crippen LogP contribution < -0.4 is 20.1 Å². The first-order valence-electron chi connectivity index (χ1n) is 7.85. The van der Waals surface area contributed by atoms with Gasteiger partial charge in [-0.05, 0) is 30.5 Å². The fourth-order valence-corrected chi connectivity index (χ4v) is 1.87. The van der Waals surface area contributed by atoms with Crippen LogP contribution in [0.1, 0.15) is 16.8 Å². The minimum Gasteiger partial charge on any atom is -0.492 e. The Morgan fingerprint density at radius 1 is 1.17 bits per heavy atom. The van der Waals surface area contributed by atoms with Crippen LogP contribution in [0, 0.1) is 0 Å². The SMILES string of the molecule is CN/C=C\C(=C/C=O)NC(=O)c1cc(OC(F)(F)F)ccc1OCCC(F)(F)F. The van der Waals surface area contributed by atoms with Crippen molar-refractivity contribution in [3.05, 3.63) is 47.8 Å². The summed E-state index contributed by atoms with van der Waals surface area (Å²) >= 11 is 0. The van der Waals surface area contributed by atoms with Crippen molar-refractivity contribution in [1.29, 1.82) is 0 Å². The number of allylic oxidation sites excluding steroid dienone is 2. The third-order valence-electron chi connectivity index (χ3n) is 3.01. The molecule has 1 amide bonds. The summed E-state index contributed by atoms with van der Waals surface area (Å²) in [4.78, 5) is 23.1. The van der Waals surface area contributed by atoms with Gasteiger partial charge in [0.2, 0.25) is 0 Å². The highest BCUT2D eigenvalue weighted by Crippen LogP contribution is 2.29. The Morgan fingerprint density at radius 3 is 2.41 bits per heavy atom. The number of alkyl halides is 6. The van der Waals surface area contributed by atoms with Crippen LogP contribution >= 0.6 is 0 Å². The Morgan fingerprint density at radius 2 is 1.86 bits per heavy atom. The zero-order valence-corrected chi connectivity index (χ0v) is 14.9. The van der Waals surface area contributed by atoms with Crippen molar-refractivity contribution in [1.82, 2.24) is 10.6 Å². The molecule has 6 nitrogen and oxygen atoms in total. The van der Waals surface area contributed by atoms with E-state index in [2.05, 4.69) is 15.4 Å². The molecular weight excluding hydrogens is 410 g/mol. The fourth-order valence-electron chi connectivity index (χ4n) is 1.87. The Hall–Kier alpha value is -3.18. The van der Waals surface area contributed by atoms with Gasteiger partial charge in [-0.2, -0.15) is 13.2 Å². The van der Waals surface area contributed by atoms with E-state index in [-0.39, 0.29) is 5.70 Å². The third kappa shape index (κ3) is 9.53. The molecule has 0 bridgehead atoms. The number of carbonyl (C=O) groups excluding carboxylic acids is 2. The number of hydrogen-bond donors (Lipinski definition) is 2. The lowest BCUT2D eigenvalue weighted by Crippen LogP contribution is -2.24. The highest BCUT2D eigenvalue weighted by molar-refractivity contribution is 5.98. The molecule has 0 aliphatic rings. The van der Waals surface area contributed by atoms with Gasteiger partial charge < -0.3 is 20.1 Å². The molecule has 0 radical (unpaired) electrons. The molecule has 0 saturated carbocycles. The molecule has 29 heavy (non-hydrogen) atoms. The molecule has 1 aromatic carbocycles. The Balaban J connectivity index is 3.16. The maximum atomic E-state index is 12.4. The van der Waals surface area contributed by atoms with Crippen LogP contribution in [-0.4, -0.2) is 38.4 Å². The molecule has 1 rings (SSSR count). The van der Waals surface area contributed by atoms with Crippen molar-refractivity contribution in [2.45, 2.75) is 19.0 Å². The summed E-state index contributed by atoms with van der Waals surface area (Å²) in [7, 11) is 1.53. The van der Waals surface area contributed by atoms with E-state index in [0.29, 0.717) is 12.4 Å². The Labute approximate surface area is 161 Å². The second kappa shape index (κ2) is 10.4. The third-order valence-corrected chi connectivity index (χ3v) is 3.01. The summed E-state index contributed by atoms with van der Waals surface area (Å²) in [6.07, 6.45) is -7.00. The molecule has 1 aromatic rings. The Bertz CT molecular complexity index is 772. The molecule has 0 fully saturated rings. The van der Waals surface area contributed by atoms with Gasteiger partial charge in [-0.15, -0.1) is 13.2 Å². The molecule has 0 spiro atoms. The van der Waals surface area contributed by atoms with Crippen LogP contribution in [0.2, 0.25) is 0 Å². The number of halogens is 6. The standard InChI is InChI=1S/C17H16F6N2O4/c1-24-7-4-11(5-8-26)25-15(27)13-10-12(29-17(21,22)23)2-3-14(13)28-9-6-16(18,19)20/h2-5,7-8,10,24H,6,9H2,1H3,(H,25,27)/b7-4-,11-5+. The molecule has 0 unspecified atom stereocenters. The smallest absolute Gasteiger partial charge is 0.492 e. The lowest BCUT2D eigenvalue weighted by molar-refractivity contribution is -0.274. The fraction of sp³-hybridized carbons (Fsp3) is 0.294. The normalized spacial score (nSPS) is 12.6. The van der Waals surface area contributed by atoms with E-state index in [9.17, 15) is 35.9 Å². The molecule has 0 saturated heterocycles. The van der Waals surface area contributed by atoms with E-state index in [4.69, 9.17) is 4.74 Å². The second-order valence-corrected chi connectivity index (χ2v) is 5.25. The molecule has 2 N–H and O–H groups in total. The largest absolute Gasteiger partial charge is 0.573 e. The number of benzene rings is 1. The first-order chi connectivity index (χ1) is 13.4. The highest BCUT2D eigenvalue weighted by Gasteiger charge is 2.32. The maximum Gasteiger partial charge on any atom is 0.573 e. The molecule has 160 valence electrons. The van der Waals surface area contributed by atoms with Gasteiger partial charge in [0.25, 0.3) is 5.91 Å². The van der Waals surface area contributed by atoms with Gasteiger partial charge in [0.15, 0.2) is 0 Å². The summed E-state index contributed by atoms with van der Waals surface area (Å²) in [6, 6.07) is 2.32. The number of rotatable bonds is 9. The molecule has 0 aliphatic carbocycles. The van der Waals surface area contributed by atoms with Crippen molar-refractivity contribution in [3.63, 3.8) is 0 Å². The molecule has 0 aliphatic heterocycles. The van der Waals surface area contributed by atoms with E-state index < -0.39 is 48.5 Å². The Kier molecular flexibility index (Phi) is 8.55. The van der Waals surface area contributed by atoms with Crippen molar-refractivity contribution in [2.24, 2.45) is 0 Å². The van der Waals surface area contributed by atoms with Crippen molar-refractivity contribution < 1.29 is 45.4 Å². The zero-order chi connectivity index (χ0) is 22.1. The first kappa shape index (κ1) is 23.9. The van der Waals surface area contributed by atoms with Crippen molar-refractivity contribution >= 4 is 12.2 Å². The summed E-state index contributed by atoms with van der Waals surface area (Å²) in [5.74, 6) is -2.21. The van der Waals surface area contributed by atoms with Gasteiger partial charge in [0.1, 0.15) is 17.8 Å². The quantitative estimate of drug-likeness (QED) is 0.274. The molecule has 12 heteroatoms. The molecule has 0 aromatic heterocycles. The van der Waals surface area contributed by atoms with Gasteiger partial charge in [0.05, 0.1) is 18.6 Å². The average molecular weight is 426 g/mol. The van der Waals surface area contributed by atoms with Crippen molar-refractivity contribution in [2.75, 3.05) is 13.7 Å². The predicted molar refractivity (Wildman–Crippen MR) is 89.1 cm³/mol. The number of carbonyl (C=O) groups is 2. The van der Waals surface area contributed by atoms with Gasteiger partial charge >= 0.3 is 12.5 Å². The summed E-state index contributed by atoms with van der Waals surface area (Å²) < 4.78 is 82.7. The number of hydrogen-bond acceptors (Lipinski definition) is 5. The van der Waals surface area contributed by atoms with Crippen LogP contribution in [-0.2, 0) is 4.79 Å². The molecule has 0 atom stereocenters. The van der Waals surface area contributed by atoms with Crippen LogP contribution in [0.4, 0.5) is 26.3 Å². The van der Waals surface area contributed by atoms with Gasteiger partial charge in [0, 0.05) is 18.8 Å². The summed E-state index contributed by atoms with van der Waals surface area (Å²) in [5, 5.41) is 4.82. The minimum absolute atomic E-state index is 0.0391.